The summed E-state index contributed by atoms with van der Waals surface area (Å²) < 4.78 is 26.9. The molecule has 0 spiro atoms. The molecule has 1 aromatic heterocycles. The van der Waals surface area contributed by atoms with Crippen LogP contribution in [-0.4, -0.2) is 0 Å². The predicted octanol–water partition coefficient (Wildman–Crippen LogP) is 5.47. The molecule has 0 amide bonds. The Hall–Kier alpha value is -0.260. The second-order valence-electron chi connectivity index (χ2n) is 3.55. The highest BCUT2D eigenvalue weighted by Crippen LogP contribution is 2.36. The number of thiophene rings is 1. The van der Waals surface area contributed by atoms with Crippen molar-refractivity contribution < 1.29 is 8.78 Å². The molecule has 1 unspecified atom stereocenters. The van der Waals surface area contributed by atoms with Gasteiger partial charge >= 0.3 is 0 Å². The second kappa shape index (κ2) is 5.59. The van der Waals surface area contributed by atoms with Crippen molar-refractivity contribution in [1.29, 1.82) is 0 Å². The van der Waals surface area contributed by atoms with Gasteiger partial charge in [-0.15, -0.1) is 11.3 Å². The van der Waals surface area contributed by atoms with E-state index in [-0.39, 0.29) is 4.83 Å². The summed E-state index contributed by atoms with van der Waals surface area (Å²) in [5, 5.41) is 1.99. The van der Waals surface area contributed by atoms with E-state index in [0.717, 1.165) is 21.0 Å². The van der Waals surface area contributed by atoms with Crippen LogP contribution in [0.3, 0.4) is 0 Å². The van der Waals surface area contributed by atoms with Gasteiger partial charge in [0, 0.05) is 9.35 Å². The Morgan fingerprint density at radius 2 is 1.94 bits per heavy atom. The quantitative estimate of drug-likeness (QED) is 0.618. The summed E-state index contributed by atoms with van der Waals surface area (Å²) in [6.45, 7) is 0. The van der Waals surface area contributed by atoms with Crippen LogP contribution in [0.1, 0.15) is 15.3 Å². The minimum atomic E-state index is -0.808. The first-order valence-electron chi connectivity index (χ1n) is 4.89. The van der Waals surface area contributed by atoms with E-state index in [1.54, 1.807) is 17.4 Å². The first-order valence-corrected chi connectivity index (χ1v) is 7.47. The molecule has 0 fully saturated rings. The maximum absolute atomic E-state index is 13.1. The molecule has 2 rings (SSSR count). The van der Waals surface area contributed by atoms with Gasteiger partial charge in [-0.2, -0.15) is 0 Å². The van der Waals surface area contributed by atoms with Crippen molar-refractivity contribution in [3.8, 4) is 0 Å². The van der Waals surface area contributed by atoms with Gasteiger partial charge in [-0.25, -0.2) is 8.78 Å². The molecular formula is C12H8Br2F2S. The Kier molecular flexibility index (Phi) is 4.33. The van der Waals surface area contributed by atoms with Crippen molar-refractivity contribution in [2.75, 3.05) is 0 Å². The summed E-state index contributed by atoms with van der Waals surface area (Å²) in [6.07, 6.45) is 0.621. The Labute approximate surface area is 119 Å². The fraction of sp³-hybridized carbons (Fsp3) is 0.167. The van der Waals surface area contributed by atoms with Crippen molar-refractivity contribution in [2.24, 2.45) is 0 Å². The topological polar surface area (TPSA) is 0 Å². The van der Waals surface area contributed by atoms with E-state index >= 15 is 0 Å². The average Bonchev–Trinajstić information content (AvgIpc) is 2.70. The Bertz CT molecular complexity index is 525. The molecule has 0 saturated heterocycles. The Balaban J connectivity index is 2.16. The molecular weight excluding hydrogens is 374 g/mol. The summed E-state index contributed by atoms with van der Waals surface area (Å²) in [5.41, 5.74) is 0.770. The number of hydrogen-bond donors (Lipinski definition) is 0. The van der Waals surface area contributed by atoms with Crippen molar-refractivity contribution in [2.45, 2.75) is 11.2 Å². The largest absolute Gasteiger partial charge is 0.204 e. The van der Waals surface area contributed by atoms with Gasteiger partial charge in [0.2, 0.25) is 0 Å². The lowest BCUT2D eigenvalue weighted by Crippen LogP contribution is -1.95. The van der Waals surface area contributed by atoms with Crippen LogP contribution < -0.4 is 0 Å². The number of rotatable bonds is 3. The Morgan fingerprint density at radius 3 is 2.53 bits per heavy atom. The summed E-state index contributed by atoms with van der Waals surface area (Å²) in [7, 11) is 0. The van der Waals surface area contributed by atoms with Crippen LogP contribution >= 0.6 is 43.2 Å². The third-order valence-corrected chi connectivity index (χ3v) is 5.40. The maximum atomic E-state index is 13.1. The molecule has 1 aromatic carbocycles. The summed E-state index contributed by atoms with van der Waals surface area (Å²) in [6, 6.07) is 5.98. The molecule has 0 aliphatic rings. The fourth-order valence-corrected chi connectivity index (χ4v) is 4.37. The van der Waals surface area contributed by atoms with Gasteiger partial charge in [0.15, 0.2) is 11.6 Å². The van der Waals surface area contributed by atoms with Crippen LogP contribution in [0.15, 0.2) is 34.1 Å². The molecule has 17 heavy (non-hydrogen) atoms. The lowest BCUT2D eigenvalue weighted by atomic mass is 10.1. The third-order valence-electron chi connectivity index (χ3n) is 2.33. The number of benzene rings is 1. The zero-order valence-electron chi connectivity index (χ0n) is 8.59. The Morgan fingerprint density at radius 1 is 1.18 bits per heavy atom. The molecule has 90 valence electrons. The molecule has 2 aromatic rings. The molecule has 0 radical (unpaired) electrons. The normalized spacial score (nSPS) is 12.7. The van der Waals surface area contributed by atoms with Gasteiger partial charge in [-0.3, -0.25) is 0 Å². The van der Waals surface area contributed by atoms with E-state index in [1.807, 2.05) is 11.4 Å². The lowest BCUT2D eigenvalue weighted by Gasteiger charge is -2.09. The molecule has 0 aliphatic carbocycles. The number of hydrogen-bond acceptors (Lipinski definition) is 1. The highest BCUT2D eigenvalue weighted by atomic mass is 79.9. The fourth-order valence-electron chi connectivity index (χ4n) is 1.50. The average molecular weight is 382 g/mol. The van der Waals surface area contributed by atoms with E-state index in [0.29, 0.717) is 6.42 Å². The predicted molar refractivity (Wildman–Crippen MR) is 73.7 cm³/mol. The van der Waals surface area contributed by atoms with Crippen molar-refractivity contribution in [1.82, 2.24) is 0 Å². The summed E-state index contributed by atoms with van der Waals surface area (Å²) >= 11 is 8.64. The van der Waals surface area contributed by atoms with E-state index < -0.39 is 11.6 Å². The maximum Gasteiger partial charge on any atom is 0.159 e. The van der Waals surface area contributed by atoms with Crippen LogP contribution in [-0.2, 0) is 6.42 Å². The molecule has 0 N–H and O–H groups in total. The van der Waals surface area contributed by atoms with Gasteiger partial charge in [0.25, 0.3) is 0 Å². The van der Waals surface area contributed by atoms with Crippen LogP contribution in [0.2, 0.25) is 0 Å². The summed E-state index contributed by atoms with van der Waals surface area (Å²) in [5.74, 6) is -1.61. The molecule has 0 bridgehead atoms. The van der Waals surface area contributed by atoms with E-state index in [9.17, 15) is 8.78 Å². The van der Waals surface area contributed by atoms with Gasteiger partial charge in [0.05, 0.1) is 4.83 Å². The van der Waals surface area contributed by atoms with Gasteiger partial charge in [-0.1, -0.05) is 22.0 Å². The van der Waals surface area contributed by atoms with Gasteiger partial charge in [0.1, 0.15) is 0 Å². The monoisotopic (exact) mass is 380 g/mol. The minimum Gasteiger partial charge on any atom is -0.204 e. The van der Waals surface area contributed by atoms with Crippen LogP contribution in [0.4, 0.5) is 8.78 Å². The minimum absolute atomic E-state index is 0.0988. The van der Waals surface area contributed by atoms with Crippen LogP contribution in [0, 0.1) is 11.6 Å². The molecule has 0 aliphatic heterocycles. The second-order valence-corrected chi connectivity index (χ2v) is 6.46. The number of alkyl halides is 1. The van der Waals surface area contributed by atoms with Crippen molar-refractivity contribution in [3.05, 3.63) is 56.2 Å². The van der Waals surface area contributed by atoms with Gasteiger partial charge in [-0.05, 0) is 51.5 Å². The molecule has 1 atom stereocenters. The van der Waals surface area contributed by atoms with Crippen molar-refractivity contribution >= 4 is 43.2 Å². The molecule has 1 heterocycles. The van der Waals surface area contributed by atoms with E-state index in [2.05, 4.69) is 31.9 Å². The van der Waals surface area contributed by atoms with Crippen LogP contribution in [0.5, 0.6) is 0 Å². The SMILES string of the molecule is Fc1ccc(CC(Br)c2sccc2Br)cc1F. The number of halogens is 4. The molecule has 0 nitrogen and oxygen atoms in total. The smallest absolute Gasteiger partial charge is 0.159 e. The van der Waals surface area contributed by atoms with Gasteiger partial charge < -0.3 is 0 Å². The highest BCUT2D eigenvalue weighted by Gasteiger charge is 2.14. The first kappa shape index (κ1) is 13.2. The lowest BCUT2D eigenvalue weighted by molar-refractivity contribution is 0.507. The first-order chi connectivity index (χ1) is 8.08. The highest BCUT2D eigenvalue weighted by molar-refractivity contribution is 9.11. The third kappa shape index (κ3) is 3.14. The van der Waals surface area contributed by atoms with Crippen molar-refractivity contribution in [3.63, 3.8) is 0 Å². The zero-order valence-corrected chi connectivity index (χ0v) is 12.6. The standard InChI is InChI=1S/C12H8Br2F2S/c13-8-3-4-17-12(8)9(14)5-7-1-2-10(15)11(16)6-7/h1-4,6,9H,5H2. The molecule has 5 heteroatoms. The van der Waals surface area contributed by atoms with Crippen LogP contribution in [0.25, 0.3) is 0 Å². The summed E-state index contributed by atoms with van der Waals surface area (Å²) in [4.78, 5) is 1.25. The molecule has 0 saturated carbocycles. The van der Waals surface area contributed by atoms with E-state index in [1.165, 1.54) is 6.07 Å². The zero-order chi connectivity index (χ0) is 12.4. The van der Waals surface area contributed by atoms with E-state index in [4.69, 9.17) is 0 Å².